The molecule has 122 valence electrons. The molecule has 2 amide bonds. The summed E-state index contributed by atoms with van der Waals surface area (Å²) in [6, 6.07) is 7.50. The molecule has 2 rings (SSSR count). The minimum Gasteiger partial charge on any atom is -0.309 e. The summed E-state index contributed by atoms with van der Waals surface area (Å²) in [6.07, 6.45) is 4.69. The molecule has 1 heterocycles. The summed E-state index contributed by atoms with van der Waals surface area (Å²) in [7, 11) is 0. The highest BCUT2D eigenvalue weighted by molar-refractivity contribution is 5.98. The first-order chi connectivity index (χ1) is 10.2. The third-order valence-electron chi connectivity index (χ3n) is 3.56. The molecular formula is C16H23ClN2O3. The Morgan fingerprint density at radius 3 is 2.77 bits per heavy atom. The SMILES string of the molecule is CCCCCCC(=O)NOCN1Cc2ccccc2C1=O.Cl. The number of hydroxylamine groups is 1. The van der Waals surface area contributed by atoms with Crippen LogP contribution in [0.25, 0.3) is 0 Å². The Bertz CT molecular complexity index is 508. The van der Waals surface area contributed by atoms with Gasteiger partial charge in [-0.3, -0.25) is 14.4 Å². The van der Waals surface area contributed by atoms with Crippen LogP contribution in [0.15, 0.2) is 24.3 Å². The van der Waals surface area contributed by atoms with Crippen molar-refractivity contribution >= 4 is 24.2 Å². The number of fused-ring (bicyclic) bond motifs is 1. The Kier molecular flexibility index (Phi) is 7.91. The zero-order valence-electron chi connectivity index (χ0n) is 12.8. The number of nitrogens with one attached hydrogen (secondary N) is 1. The highest BCUT2D eigenvalue weighted by Crippen LogP contribution is 2.21. The van der Waals surface area contributed by atoms with Crippen LogP contribution in [-0.2, 0) is 16.2 Å². The van der Waals surface area contributed by atoms with Crippen LogP contribution < -0.4 is 5.48 Å². The smallest absolute Gasteiger partial charge is 0.256 e. The van der Waals surface area contributed by atoms with E-state index in [4.69, 9.17) is 4.84 Å². The number of unbranched alkanes of at least 4 members (excludes halogenated alkanes) is 3. The molecule has 22 heavy (non-hydrogen) atoms. The van der Waals surface area contributed by atoms with Crippen LogP contribution in [0, 0.1) is 0 Å². The number of hydrogen-bond acceptors (Lipinski definition) is 3. The summed E-state index contributed by atoms with van der Waals surface area (Å²) in [5.74, 6) is -0.182. The first-order valence-electron chi connectivity index (χ1n) is 7.50. The highest BCUT2D eigenvalue weighted by atomic mass is 35.5. The molecule has 1 N–H and O–H groups in total. The van der Waals surface area contributed by atoms with Gasteiger partial charge in [-0.15, -0.1) is 12.4 Å². The van der Waals surface area contributed by atoms with Gasteiger partial charge in [0.25, 0.3) is 5.91 Å². The molecule has 0 radical (unpaired) electrons. The summed E-state index contributed by atoms with van der Waals surface area (Å²) >= 11 is 0. The summed E-state index contributed by atoms with van der Waals surface area (Å²) < 4.78 is 0. The number of carbonyl (C=O) groups excluding carboxylic acids is 2. The van der Waals surface area contributed by atoms with E-state index >= 15 is 0 Å². The fourth-order valence-electron chi connectivity index (χ4n) is 2.37. The van der Waals surface area contributed by atoms with E-state index in [9.17, 15) is 9.59 Å². The molecule has 1 aliphatic rings. The Balaban J connectivity index is 0.00000242. The van der Waals surface area contributed by atoms with Crippen molar-refractivity contribution in [2.75, 3.05) is 6.73 Å². The lowest BCUT2D eigenvalue weighted by molar-refractivity contribution is -0.137. The maximum absolute atomic E-state index is 12.0. The van der Waals surface area contributed by atoms with E-state index < -0.39 is 0 Å². The van der Waals surface area contributed by atoms with Crippen molar-refractivity contribution in [3.8, 4) is 0 Å². The average molecular weight is 327 g/mol. The largest absolute Gasteiger partial charge is 0.309 e. The number of halogens is 1. The maximum atomic E-state index is 12.0. The summed E-state index contributed by atoms with van der Waals surface area (Å²) in [4.78, 5) is 30.3. The van der Waals surface area contributed by atoms with Crippen LogP contribution >= 0.6 is 12.4 Å². The molecule has 5 nitrogen and oxygen atoms in total. The van der Waals surface area contributed by atoms with Crippen LogP contribution in [0.2, 0.25) is 0 Å². The predicted octanol–water partition coefficient (Wildman–Crippen LogP) is 3.04. The third kappa shape index (κ3) is 5.00. The number of rotatable bonds is 8. The molecule has 6 heteroatoms. The van der Waals surface area contributed by atoms with Gasteiger partial charge in [0.15, 0.2) is 0 Å². The quantitative estimate of drug-likeness (QED) is 0.590. The number of hydrogen-bond donors (Lipinski definition) is 1. The molecule has 1 aliphatic heterocycles. The van der Waals surface area contributed by atoms with Gasteiger partial charge in [0.1, 0.15) is 6.73 Å². The van der Waals surface area contributed by atoms with Crippen LogP contribution in [0.5, 0.6) is 0 Å². The van der Waals surface area contributed by atoms with Gasteiger partial charge in [-0.1, -0.05) is 44.4 Å². The fourth-order valence-corrected chi connectivity index (χ4v) is 2.37. The third-order valence-corrected chi connectivity index (χ3v) is 3.56. The van der Waals surface area contributed by atoms with E-state index in [2.05, 4.69) is 12.4 Å². The fraction of sp³-hybridized carbons (Fsp3) is 0.500. The molecule has 0 aromatic heterocycles. The predicted molar refractivity (Wildman–Crippen MR) is 86.4 cm³/mol. The van der Waals surface area contributed by atoms with Crippen molar-refractivity contribution in [3.05, 3.63) is 35.4 Å². The average Bonchev–Trinajstić information content (AvgIpc) is 2.81. The lowest BCUT2D eigenvalue weighted by Crippen LogP contribution is -2.33. The molecule has 0 unspecified atom stereocenters. The van der Waals surface area contributed by atoms with Gasteiger partial charge >= 0.3 is 0 Å². The monoisotopic (exact) mass is 326 g/mol. The number of carbonyl (C=O) groups is 2. The van der Waals surface area contributed by atoms with Gasteiger partial charge in [0.05, 0.1) is 0 Å². The molecule has 0 fully saturated rings. The number of nitrogens with zero attached hydrogens (tertiary/aromatic N) is 1. The van der Waals surface area contributed by atoms with E-state index in [-0.39, 0.29) is 31.0 Å². The summed E-state index contributed by atoms with van der Waals surface area (Å²) in [5.41, 5.74) is 4.11. The highest BCUT2D eigenvalue weighted by Gasteiger charge is 2.26. The molecule has 0 atom stereocenters. The van der Waals surface area contributed by atoms with E-state index in [1.807, 2.05) is 24.3 Å². The Labute approximate surface area is 137 Å². The van der Waals surface area contributed by atoms with Crippen molar-refractivity contribution in [1.82, 2.24) is 10.4 Å². The molecular weight excluding hydrogens is 304 g/mol. The van der Waals surface area contributed by atoms with Gasteiger partial charge in [-0.05, 0) is 18.1 Å². The zero-order chi connectivity index (χ0) is 15.1. The van der Waals surface area contributed by atoms with Crippen molar-refractivity contribution in [1.29, 1.82) is 0 Å². The second-order valence-electron chi connectivity index (χ2n) is 5.27. The van der Waals surface area contributed by atoms with Crippen LogP contribution in [0.1, 0.15) is 54.9 Å². The standard InChI is InChI=1S/C16H22N2O3.ClH/c1-2-3-4-5-10-15(19)17-21-12-18-11-13-8-6-7-9-14(13)16(18)20;/h6-9H,2-5,10-12H2,1H3,(H,17,19);1H. The molecule has 0 saturated carbocycles. The van der Waals surface area contributed by atoms with Gasteiger partial charge in [-0.2, -0.15) is 0 Å². The van der Waals surface area contributed by atoms with E-state index in [1.54, 1.807) is 4.90 Å². The molecule has 0 bridgehead atoms. The zero-order valence-corrected chi connectivity index (χ0v) is 13.7. The second kappa shape index (κ2) is 9.43. The van der Waals surface area contributed by atoms with Gasteiger partial charge in [0, 0.05) is 18.5 Å². The van der Waals surface area contributed by atoms with Crippen LogP contribution in [0.3, 0.4) is 0 Å². The molecule has 0 saturated heterocycles. The molecule has 1 aromatic carbocycles. The molecule has 1 aromatic rings. The van der Waals surface area contributed by atoms with Gasteiger partial charge in [-0.25, -0.2) is 5.48 Å². The van der Waals surface area contributed by atoms with Crippen molar-refractivity contribution in [3.63, 3.8) is 0 Å². The minimum atomic E-state index is -0.129. The van der Waals surface area contributed by atoms with Crippen LogP contribution in [-0.4, -0.2) is 23.4 Å². The normalized spacial score (nSPS) is 12.8. The number of amides is 2. The lowest BCUT2D eigenvalue weighted by atomic mass is 10.1. The first-order valence-corrected chi connectivity index (χ1v) is 7.50. The minimum absolute atomic E-state index is 0. The number of benzene rings is 1. The maximum Gasteiger partial charge on any atom is 0.256 e. The van der Waals surface area contributed by atoms with E-state index in [0.29, 0.717) is 18.5 Å². The van der Waals surface area contributed by atoms with Crippen LogP contribution in [0.4, 0.5) is 0 Å². The Morgan fingerprint density at radius 1 is 1.27 bits per heavy atom. The Hall–Kier alpha value is -1.59. The van der Waals surface area contributed by atoms with E-state index in [0.717, 1.165) is 31.2 Å². The van der Waals surface area contributed by atoms with E-state index in [1.165, 1.54) is 0 Å². The summed E-state index contributed by atoms with van der Waals surface area (Å²) in [5, 5.41) is 0. The summed E-state index contributed by atoms with van der Waals surface area (Å²) in [6.45, 7) is 2.74. The second-order valence-corrected chi connectivity index (χ2v) is 5.27. The molecule has 0 aliphatic carbocycles. The van der Waals surface area contributed by atoms with Crippen molar-refractivity contribution in [2.45, 2.75) is 45.6 Å². The topological polar surface area (TPSA) is 58.6 Å². The first kappa shape index (κ1) is 18.5. The lowest BCUT2D eigenvalue weighted by Gasteiger charge is -2.15. The van der Waals surface area contributed by atoms with Crippen molar-refractivity contribution in [2.24, 2.45) is 0 Å². The molecule has 0 spiro atoms. The van der Waals surface area contributed by atoms with Gasteiger partial charge in [0.2, 0.25) is 5.91 Å². The van der Waals surface area contributed by atoms with Gasteiger partial charge < -0.3 is 4.90 Å². The Morgan fingerprint density at radius 2 is 2.05 bits per heavy atom. The van der Waals surface area contributed by atoms with Crippen molar-refractivity contribution < 1.29 is 14.4 Å².